The van der Waals surface area contributed by atoms with E-state index in [2.05, 4.69) is 4.98 Å². The number of benzene rings is 2. The van der Waals surface area contributed by atoms with E-state index in [1.165, 1.54) is 5.56 Å². The van der Waals surface area contributed by atoms with Crippen LogP contribution in [0.4, 0.5) is 0 Å². The van der Waals surface area contributed by atoms with Gasteiger partial charge in [-0.15, -0.1) is 0 Å². The van der Waals surface area contributed by atoms with Gasteiger partial charge in [0, 0.05) is 11.5 Å². The first kappa shape index (κ1) is 16.3. The van der Waals surface area contributed by atoms with Gasteiger partial charge in [0.25, 0.3) is 0 Å². The second-order valence-corrected chi connectivity index (χ2v) is 6.45. The Balaban J connectivity index is 2.04. The maximum absolute atomic E-state index is 5.98. The van der Waals surface area contributed by atoms with E-state index in [-0.39, 0.29) is 6.10 Å². The third kappa shape index (κ3) is 3.51. The molecule has 3 rings (SSSR count). The van der Waals surface area contributed by atoms with Crippen molar-refractivity contribution >= 4 is 28.1 Å². The van der Waals surface area contributed by atoms with Crippen LogP contribution in [-0.4, -0.2) is 16.1 Å². The minimum absolute atomic E-state index is 0.0411. The van der Waals surface area contributed by atoms with E-state index in [0.29, 0.717) is 22.2 Å². The van der Waals surface area contributed by atoms with Crippen molar-refractivity contribution in [3.8, 4) is 17.2 Å². The molecule has 3 aromatic rings. The van der Waals surface area contributed by atoms with Gasteiger partial charge in [-0.2, -0.15) is 0 Å². The number of hydrogen-bond donors (Lipinski definition) is 2. The Labute approximate surface area is 146 Å². The third-order valence-electron chi connectivity index (χ3n) is 3.55. The Hall–Kier alpha value is -2.53. The average molecular weight is 340 g/mol. The van der Waals surface area contributed by atoms with Crippen LogP contribution in [0, 0.1) is 6.92 Å². The number of ether oxygens (including phenoxy) is 2. The van der Waals surface area contributed by atoms with Crippen LogP contribution in [0.3, 0.4) is 0 Å². The molecule has 0 saturated carbocycles. The number of aromatic nitrogens is 1. The summed E-state index contributed by atoms with van der Waals surface area (Å²) in [5.41, 5.74) is 8.49. The van der Waals surface area contributed by atoms with Crippen molar-refractivity contribution in [3.63, 3.8) is 0 Å². The van der Waals surface area contributed by atoms with Gasteiger partial charge < -0.3 is 20.2 Å². The van der Waals surface area contributed by atoms with Crippen LogP contribution in [-0.2, 0) is 0 Å². The van der Waals surface area contributed by atoms with Crippen molar-refractivity contribution in [2.24, 2.45) is 5.73 Å². The van der Waals surface area contributed by atoms with Crippen LogP contribution in [0.5, 0.6) is 17.2 Å². The number of aromatic amines is 1. The summed E-state index contributed by atoms with van der Waals surface area (Å²) in [7, 11) is 0. The smallest absolute Gasteiger partial charge is 0.147 e. The molecule has 2 aromatic carbocycles. The zero-order valence-corrected chi connectivity index (χ0v) is 14.7. The molecule has 0 aliphatic heterocycles. The molecule has 0 unspecified atom stereocenters. The molecule has 0 radical (unpaired) electrons. The van der Waals surface area contributed by atoms with Gasteiger partial charge in [-0.1, -0.05) is 29.9 Å². The lowest BCUT2D eigenvalue weighted by Gasteiger charge is -2.13. The molecule has 0 spiro atoms. The highest BCUT2D eigenvalue weighted by Gasteiger charge is 2.13. The molecule has 3 N–H and O–H groups in total. The maximum atomic E-state index is 5.98. The second kappa shape index (κ2) is 6.53. The predicted molar refractivity (Wildman–Crippen MR) is 101 cm³/mol. The molecular weight excluding hydrogens is 320 g/mol. The summed E-state index contributed by atoms with van der Waals surface area (Å²) in [6.45, 7) is 6.01. The highest BCUT2D eigenvalue weighted by atomic mass is 32.1. The fourth-order valence-corrected chi connectivity index (χ4v) is 2.58. The van der Waals surface area contributed by atoms with Gasteiger partial charge in [-0.3, -0.25) is 0 Å². The topological polar surface area (TPSA) is 60.3 Å². The minimum atomic E-state index is 0.0411. The lowest BCUT2D eigenvalue weighted by atomic mass is 10.2. The summed E-state index contributed by atoms with van der Waals surface area (Å²) in [6.07, 6.45) is 0.0411. The first-order valence-electron chi connectivity index (χ1n) is 7.80. The molecule has 0 bridgehead atoms. The third-order valence-corrected chi connectivity index (χ3v) is 3.77. The van der Waals surface area contributed by atoms with Gasteiger partial charge in [0.1, 0.15) is 22.2 Å². The van der Waals surface area contributed by atoms with Crippen LogP contribution in [0.1, 0.15) is 25.1 Å². The maximum Gasteiger partial charge on any atom is 0.147 e. The van der Waals surface area contributed by atoms with Crippen LogP contribution in [0.15, 0.2) is 42.5 Å². The van der Waals surface area contributed by atoms with E-state index in [1.807, 2.05) is 63.2 Å². The van der Waals surface area contributed by atoms with Crippen LogP contribution in [0.25, 0.3) is 10.9 Å². The first-order valence-corrected chi connectivity index (χ1v) is 8.21. The summed E-state index contributed by atoms with van der Waals surface area (Å²) in [4.78, 5) is 3.54. The SMILES string of the molecule is Cc1ccc(Oc2cc(OC(C)C)c3[nH]c(C(N)=S)cc3c2)cc1. The molecular formula is C19H20N2O2S. The Morgan fingerprint density at radius 1 is 1.08 bits per heavy atom. The summed E-state index contributed by atoms with van der Waals surface area (Å²) >= 11 is 5.06. The molecule has 5 heteroatoms. The molecule has 0 atom stereocenters. The molecule has 4 nitrogen and oxygen atoms in total. The number of fused-ring (bicyclic) bond motifs is 1. The summed E-state index contributed by atoms with van der Waals surface area (Å²) < 4.78 is 11.9. The van der Waals surface area contributed by atoms with Crippen molar-refractivity contribution in [2.75, 3.05) is 0 Å². The fourth-order valence-electron chi connectivity index (χ4n) is 2.47. The van der Waals surface area contributed by atoms with Crippen molar-refractivity contribution in [1.29, 1.82) is 0 Å². The molecule has 0 aliphatic carbocycles. The van der Waals surface area contributed by atoms with E-state index in [4.69, 9.17) is 27.4 Å². The molecule has 24 heavy (non-hydrogen) atoms. The van der Waals surface area contributed by atoms with Crippen molar-refractivity contribution in [2.45, 2.75) is 26.9 Å². The normalized spacial score (nSPS) is 11.0. The van der Waals surface area contributed by atoms with Crippen LogP contribution < -0.4 is 15.2 Å². The Morgan fingerprint density at radius 2 is 1.79 bits per heavy atom. The molecule has 0 aliphatic rings. The highest BCUT2D eigenvalue weighted by Crippen LogP contribution is 2.34. The quantitative estimate of drug-likeness (QED) is 0.662. The van der Waals surface area contributed by atoms with Gasteiger partial charge in [-0.25, -0.2) is 0 Å². The average Bonchev–Trinajstić information content (AvgIpc) is 2.94. The Morgan fingerprint density at radius 3 is 2.42 bits per heavy atom. The standard InChI is InChI=1S/C19H20N2O2S/c1-11(2)22-17-10-15(23-14-6-4-12(3)5-7-14)8-13-9-16(19(20)24)21-18(13)17/h4-11,21H,1-3H3,(H2,20,24). The summed E-state index contributed by atoms with van der Waals surface area (Å²) in [6, 6.07) is 13.6. The van der Waals surface area contributed by atoms with Crippen molar-refractivity contribution in [1.82, 2.24) is 4.98 Å². The number of aryl methyl sites for hydroxylation is 1. The molecule has 0 amide bonds. The van der Waals surface area contributed by atoms with Gasteiger partial charge in [0.05, 0.1) is 17.3 Å². The van der Waals surface area contributed by atoms with Crippen molar-refractivity contribution in [3.05, 3.63) is 53.7 Å². The van der Waals surface area contributed by atoms with Gasteiger partial charge in [0.2, 0.25) is 0 Å². The second-order valence-electron chi connectivity index (χ2n) is 6.01. The van der Waals surface area contributed by atoms with E-state index in [0.717, 1.165) is 16.7 Å². The summed E-state index contributed by atoms with van der Waals surface area (Å²) in [5.74, 6) is 2.20. The number of thiocarbonyl (C=S) groups is 1. The molecule has 1 heterocycles. The first-order chi connectivity index (χ1) is 11.4. The zero-order valence-electron chi connectivity index (χ0n) is 13.9. The monoisotopic (exact) mass is 340 g/mol. The fraction of sp³-hybridized carbons (Fsp3) is 0.211. The van der Waals surface area contributed by atoms with E-state index < -0.39 is 0 Å². The van der Waals surface area contributed by atoms with Gasteiger partial charge in [-0.05, 0) is 45.0 Å². The number of rotatable bonds is 5. The molecule has 0 fully saturated rings. The Bertz CT molecular complexity index is 882. The van der Waals surface area contributed by atoms with E-state index in [9.17, 15) is 0 Å². The number of nitrogens with two attached hydrogens (primary N) is 1. The minimum Gasteiger partial charge on any atom is -0.489 e. The van der Waals surface area contributed by atoms with E-state index >= 15 is 0 Å². The lowest BCUT2D eigenvalue weighted by Crippen LogP contribution is -2.09. The lowest BCUT2D eigenvalue weighted by molar-refractivity contribution is 0.244. The Kier molecular flexibility index (Phi) is 4.44. The molecule has 0 saturated heterocycles. The zero-order chi connectivity index (χ0) is 17.3. The van der Waals surface area contributed by atoms with E-state index in [1.54, 1.807) is 0 Å². The molecule has 1 aromatic heterocycles. The highest BCUT2D eigenvalue weighted by molar-refractivity contribution is 7.80. The number of H-pyrrole nitrogens is 1. The van der Waals surface area contributed by atoms with Gasteiger partial charge in [0.15, 0.2) is 0 Å². The summed E-state index contributed by atoms with van der Waals surface area (Å²) in [5, 5.41) is 0.943. The number of hydrogen-bond acceptors (Lipinski definition) is 3. The largest absolute Gasteiger partial charge is 0.489 e. The van der Waals surface area contributed by atoms with Crippen LogP contribution in [0.2, 0.25) is 0 Å². The van der Waals surface area contributed by atoms with Crippen molar-refractivity contribution < 1.29 is 9.47 Å². The number of nitrogens with one attached hydrogen (secondary N) is 1. The predicted octanol–water partition coefficient (Wildman–Crippen LogP) is 4.69. The molecule has 124 valence electrons. The van der Waals surface area contributed by atoms with Crippen LogP contribution >= 0.6 is 12.2 Å². The van der Waals surface area contributed by atoms with Gasteiger partial charge >= 0.3 is 0 Å².